The molecule has 0 aliphatic heterocycles. The second kappa shape index (κ2) is 9.31. The molecule has 6 nitrogen and oxygen atoms in total. The Hall–Kier alpha value is -3.19. The highest BCUT2D eigenvalue weighted by Gasteiger charge is 2.30. The zero-order valence-electron chi connectivity index (χ0n) is 17.4. The van der Waals surface area contributed by atoms with Crippen LogP contribution in [0.3, 0.4) is 0 Å². The molecular formula is C25H27N3O3. The first-order valence-corrected chi connectivity index (χ1v) is 10.4. The number of aliphatic hydroxyl groups is 1. The number of amides is 1. The molecule has 1 aliphatic rings. The lowest BCUT2D eigenvalue weighted by Gasteiger charge is -2.28. The van der Waals surface area contributed by atoms with Gasteiger partial charge in [0.2, 0.25) is 0 Å². The minimum absolute atomic E-state index is 0.0205. The molecule has 2 atom stereocenters. The number of nitrogens with one attached hydrogen (secondary N) is 1. The van der Waals surface area contributed by atoms with E-state index in [-0.39, 0.29) is 12.5 Å². The Balaban J connectivity index is 1.45. The van der Waals surface area contributed by atoms with Crippen molar-refractivity contribution < 1.29 is 14.6 Å². The first kappa shape index (κ1) is 21.1. The number of hydrogen-bond acceptors (Lipinski definition) is 5. The Morgan fingerprint density at radius 2 is 1.55 bits per heavy atom. The normalized spacial score (nSPS) is 14.6. The van der Waals surface area contributed by atoms with Gasteiger partial charge in [-0.1, -0.05) is 78.9 Å². The Labute approximate surface area is 182 Å². The maximum absolute atomic E-state index is 12.6. The minimum Gasteiger partial charge on any atom is -0.449 e. The lowest BCUT2D eigenvalue weighted by Crippen LogP contribution is -2.54. The number of carbonyl (C=O) groups excluding carboxylic acids is 1. The lowest BCUT2D eigenvalue weighted by molar-refractivity contribution is -0.00919. The first-order valence-electron chi connectivity index (χ1n) is 10.4. The van der Waals surface area contributed by atoms with Crippen LogP contribution in [0.15, 0.2) is 78.9 Å². The van der Waals surface area contributed by atoms with Gasteiger partial charge in [-0.3, -0.25) is 5.84 Å². The van der Waals surface area contributed by atoms with Crippen molar-refractivity contribution in [2.75, 3.05) is 13.7 Å². The summed E-state index contributed by atoms with van der Waals surface area (Å²) in [4.78, 5) is 12.6. The van der Waals surface area contributed by atoms with Crippen molar-refractivity contribution in [1.82, 2.24) is 10.3 Å². The molecule has 3 aromatic rings. The molecule has 1 amide bonds. The van der Waals surface area contributed by atoms with Crippen molar-refractivity contribution in [3.05, 3.63) is 95.6 Å². The molecule has 4 N–H and O–H groups in total. The van der Waals surface area contributed by atoms with Crippen LogP contribution in [0.2, 0.25) is 0 Å². The highest BCUT2D eigenvalue weighted by atomic mass is 16.5. The summed E-state index contributed by atoms with van der Waals surface area (Å²) < 4.78 is 5.62. The van der Waals surface area contributed by atoms with Crippen LogP contribution in [0, 0.1) is 0 Å². The number of benzene rings is 3. The third kappa shape index (κ3) is 4.61. The van der Waals surface area contributed by atoms with Crippen molar-refractivity contribution in [1.29, 1.82) is 0 Å². The molecule has 1 aliphatic carbocycles. The number of hydrogen-bond donors (Lipinski definition) is 3. The number of carbonyl (C=O) groups is 1. The molecule has 0 bridgehead atoms. The third-order valence-corrected chi connectivity index (χ3v) is 5.72. The van der Waals surface area contributed by atoms with E-state index in [0.717, 1.165) is 16.7 Å². The Morgan fingerprint density at radius 1 is 1.00 bits per heavy atom. The summed E-state index contributed by atoms with van der Waals surface area (Å²) in [5, 5.41) is 14.4. The fourth-order valence-corrected chi connectivity index (χ4v) is 4.17. The summed E-state index contributed by atoms with van der Waals surface area (Å²) in [5.41, 5.74) is 5.63. The average molecular weight is 418 g/mol. The summed E-state index contributed by atoms with van der Waals surface area (Å²) in [7, 11) is 1.56. The van der Waals surface area contributed by atoms with Crippen LogP contribution < -0.4 is 11.2 Å². The van der Waals surface area contributed by atoms with Gasteiger partial charge >= 0.3 is 6.09 Å². The Kier molecular flexibility index (Phi) is 6.32. The average Bonchev–Trinajstić information content (AvgIpc) is 3.11. The van der Waals surface area contributed by atoms with E-state index in [2.05, 4.69) is 29.6 Å². The number of fused-ring (bicyclic) bond motifs is 3. The van der Waals surface area contributed by atoms with Crippen molar-refractivity contribution in [3.63, 3.8) is 0 Å². The standard InChI is InChI=1S/C25H27N3O3/c1-28(26)24(29)23(15-17-9-3-2-4-10-17)27-25(30)31-16-22-20-13-7-5-11-18(20)19-12-6-8-14-21(19)22/h2-14,22-24,29H,15-16,26H2,1H3,(H,27,30). The number of ether oxygens (including phenoxy) is 1. The van der Waals surface area contributed by atoms with Crippen LogP contribution >= 0.6 is 0 Å². The molecule has 0 aromatic heterocycles. The summed E-state index contributed by atoms with van der Waals surface area (Å²) in [5.74, 6) is 5.72. The van der Waals surface area contributed by atoms with Gasteiger partial charge in [0.05, 0.1) is 6.04 Å². The molecule has 0 spiro atoms. The van der Waals surface area contributed by atoms with E-state index in [0.29, 0.717) is 6.42 Å². The fraction of sp³-hybridized carbons (Fsp3) is 0.240. The number of nitrogens with zero attached hydrogens (tertiary/aromatic N) is 1. The van der Waals surface area contributed by atoms with E-state index in [1.54, 1.807) is 7.05 Å². The van der Waals surface area contributed by atoms with Crippen LogP contribution in [-0.2, 0) is 11.2 Å². The van der Waals surface area contributed by atoms with E-state index in [1.165, 1.54) is 16.1 Å². The maximum Gasteiger partial charge on any atom is 0.407 e. The molecular weight excluding hydrogens is 390 g/mol. The highest BCUT2D eigenvalue weighted by molar-refractivity contribution is 5.79. The van der Waals surface area contributed by atoms with E-state index in [9.17, 15) is 9.90 Å². The van der Waals surface area contributed by atoms with Crippen molar-refractivity contribution in [2.24, 2.45) is 5.84 Å². The van der Waals surface area contributed by atoms with Gasteiger partial charge in [0.15, 0.2) is 0 Å². The first-order chi connectivity index (χ1) is 15.0. The van der Waals surface area contributed by atoms with Crippen LogP contribution in [0.4, 0.5) is 4.79 Å². The number of alkyl carbamates (subject to hydrolysis) is 1. The van der Waals surface area contributed by atoms with E-state index in [1.807, 2.05) is 54.6 Å². The monoisotopic (exact) mass is 417 g/mol. The molecule has 3 aromatic carbocycles. The quantitative estimate of drug-likeness (QED) is 0.312. The molecule has 0 saturated carbocycles. The number of likely N-dealkylation sites (N-methyl/N-ethyl adjacent to an activating group) is 1. The van der Waals surface area contributed by atoms with Crippen LogP contribution in [-0.4, -0.2) is 42.1 Å². The molecule has 4 rings (SSSR count). The zero-order chi connectivity index (χ0) is 21.8. The maximum atomic E-state index is 12.6. The van der Waals surface area contributed by atoms with E-state index >= 15 is 0 Å². The Bertz CT molecular complexity index is 993. The van der Waals surface area contributed by atoms with Gasteiger partial charge < -0.3 is 15.2 Å². The third-order valence-electron chi connectivity index (χ3n) is 5.72. The summed E-state index contributed by atoms with van der Waals surface area (Å²) in [6.07, 6.45) is -1.21. The van der Waals surface area contributed by atoms with Crippen LogP contribution in [0.1, 0.15) is 22.6 Å². The second-order valence-corrected chi connectivity index (χ2v) is 7.85. The van der Waals surface area contributed by atoms with Gasteiger partial charge in [-0.05, 0) is 34.2 Å². The highest BCUT2D eigenvalue weighted by Crippen LogP contribution is 2.44. The zero-order valence-corrected chi connectivity index (χ0v) is 17.4. The molecule has 0 heterocycles. The van der Waals surface area contributed by atoms with Gasteiger partial charge in [-0.25, -0.2) is 9.80 Å². The topological polar surface area (TPSA) is 87.8 Å². The summed E-state index contributed by atoms with van der Waals surface area (Å²) >= 11 is 0. The van der Waals surface area contributed by atoms with E-state index in [4.69, 9.17) is 10.6 Å². The number of hydrazine groups is 1. The predicted octanol–water partition coefficient (Wildman–Crippen LogP) is 3.26. The van der Waals surface area contributed by atoms with Crippen LogP contribution in [0.5, 0.6) is 0 Å². The van der Waals surface area contributed by atoms with Gasteiger partial charge in [0.25, 0.3) is 0 Å². The fourth-order valence-electron chi connectivity index (χ4n) is 4.17. The van der Waals surface area contributed by atoms with Crippen molar-refractivity contribution in [3.8, 4) is 11.1 Å². The van der Waals surface area contributed by atoms with Gasteiger partial charge in [0.1, 0.15) is 12.8 Å². The van der Waals surface area contributed by atoms with Gasteiger partial charge in [0, 0.05) is 13.0 Å². The van der Waals surface area contributed by atoms with Gasteiger partial charge in [-0.15, -0.1) is 0 Å². The molecule has 0 fully saturated rings. The molecule has 31 heavy (non-hydrogen) atoms. The Morgan fingerprint density at radius 3 is 2.13 bits per heavy atom. The SMILES string of the molecule is CN(N)C(O)C(Cc1ccccc1)NC(=O)OCC1c2ccccc2-c2ccccc21. The number of aliphatic hydroxyl groups excluding tert-OH is 1. The predicted molar refractivity (Wildman–Crippen MR) is 120 cm³/mol. The number of rotatable bonds is 7. The summed E-state index contributed by atoms with van der Waals surface area (Å²) in [6, 6.07) is 25.4. The molecule has 6 heteroatoms. The molecule has 160 valence electrons. The van der Waals surface area contributed by atoms with E-state index < -0.39 is 18.4 Å². The van der Waals surface area contributed by atoms with Crippen LogP contribution in [0.25, 0.3) is 11.1 Å². The molecule has 0 radical (unpaired) electrons. The second-order valence-electron chi connectivity index (χ2n) is 7.85. The smallest absolute Gasteiger partial charge is 0.407 e. The van der Waals surface area contributed by atoms with Gasteiger partial charge in [-0.2, -0.15) is 0 Å². The minimum atomic E-state index is -1.05. The molecule has 0 saturated heterocycles. The van der Waals surface area contributed by atoms with Crippen molar-refractivity contribution >= 4 is 6.09 Å². The van der Waals surface area contributed by atoms with Crippen molar-refractivity contribution in [2.45, 2.75) is 24.6 Å². The number of nitrogens with two attached hydrogens (primary N) is 1. The molecule has 2 unspecified atom stereocenters. The summed E-state index contributed by atoms with van der Waals surface area (Å²) in [6.45, 7) is 0.215. The lowest BCUT2D eigenvalue weighted by atomic mass is 9.98. The largest absolute Gasteiger partial charge is 0.449 e.